The third-order valence-electron chi connectivity index (χ3n) is 2.77. The largest absolute Gasteiger partial charge is 0.514 e. The van der Waals surface area contributed by atoms with E-state index in [4.69, 9.17) is 14.2 Å². The van der Waals surface area contributed by atoms with Gasteiger partial charge in [0.05, 0.1) is 7.11 Å². The first kappa shape index (κ1) is 14.5. The van der Waals surface area contributed by atoms with E-state index in [1.165, 1.54) is 13.2 Å². The van der Waals surface area contributed by atoms with Gasteiger partial charge in [0.15, 0.2) is 11.5 Å². The fourth-order valence-electron chi connectivity index (χ4n) is 1.80. The van der Waals surface area contributed by atoms with Crippen molar-refractivity contribution >= 4 is 16.9 Å². The molecule has 0 unspecified atom stereocenters. The molecule has 2 rings (SSSR count). The molecule has 2 aromatic carbocycles. The summed E-state index contributed by atoms with van der Waals surface area (Å²) in [6.45, 7) is 3.42. The second kappa shape index (κ2) is 6.04. The van der Waals surface area contributed by atoms with E-state index in [9.17, 15) is 15.0 Å². The Bertz CT molecular complexity index is 692. The molecule has 21 heavy (non-hydrogen) atoms. The first-order valence-corrected chi connectivity index (χ1v) is 6.05. The van der Waals surface area contributed by atoms with Crippen LogP contribution in [0.4, 0.5) is 4.79 Å². The van der Waals surface area contributed by atoms with Gasteiger partial charge in [0.2, 0.25) is 0 Å². The smallest absolute Gasteiger partial charge is 0.504 e. The topological polar surface area (TPSA) is 85.2 Å². The highest BCUT2D eigenvalue weighted by Gasteiger charge is 2.16. The van der Waals surface area contributed by atoms with Gasteiger partial charge in [-0.2, -0.15) is 0 Å². The van der Waals surface area contributed by atoms with E-state index in [1.807, 2.05) is 0 Å². The van der Waals surface area contributed by atoms with E-state index in [0.29, 0.717) is 16.5 Å². The van der Waals surface area contributed by atoms with Gasteiger partial charge in [-0.1, -0.05) is 12.7 Å². The maximum atomic E-state index is 11.5. The average molecular weight is 290 g/mol. The third-order valence-corrected chi connectivity index (χ3v) is 2.77. The Balaban J connectivity index is 2.48. The summed E-state index contributed by atoms with van der Waals surface area (Å²) in [5.74, 6) is -0.149. The molecule has 6 nitrogen and oxygen atoms in total. The number of phenols is 2. The van der Waals surface area contributed by atoms with Crippen LogP contribution in [0.5, 0.6) is 23.0 Å². The molecular formula is C15H14O6. The number of methoxy groups -OCH3 is 1. The first-order valence-electron chi connectivity index (χ1n) is 6.05. The normalized spacial score (nSPS) is 10.1. The van der Waals surface area contributed by atoms with Gasteiger partial charge < -0.3 is 24.4 Å². The molecule has 0 heterocycles. The minimum absolute atomic E-state index is 0.00412. The lowest BCUT2D eigenvalue weighted by molar-refractivity contribution is 0.110. The lowest BCUT2D eigenvalue weighted by Crippen LogP contribution is -2.10. The molecule has 2 aromatic rings. The Hall–Kier alpha value is -2.89. The number of phenolic OH excluding ortho intramolecular Hbond substituents is 2. The zero-order valence-corrected chi connectivity index (χ0v) is 11.3. The molecular weight excluding hydrogens is 276 g/mol. The Morgan fingerprint density at radius 2 is 2.05 bits per heavy atom. The molecule has 0 radical (unpaired) electrons. The summed E-state index contributed by atoms with van der Waals surface area (Å²) >= 11 is 0. The van der Waals surface area contributed by atoms with Gasteiger partial charge in [-0.15, -0.1) is 0 Å². The van der Waals surface area contributed by atoms with Crippen LogP contribution >= 0.6 is 0 Å². The van der Waals surface area contributed by atoms with Crippen LogP contribution in [-0.4, -0.2) is 30.1 Å². The van der Waals surface area contributed by atoms with E-state index in [0.717, 1.165) is 6.07 Å². The quantitative estimate of drug-likeness (QED) is 0.390. The lowest BCUT2D eigenvalue weighted by Gasteiger charge is -2.11. The molecule has 0 fully saturated rings. The van der Waals surface area contributed by atoms with Crippen LogP contribution in [-0.2, 0) is 4.74 Å². The molecule has 0 aliphatic carbocycles. The number of carbonyl (C=O) groups excluding carboxylic acids is 1. The van der Waals surface area contributed by atoms with Gasteiger partial charge in [-0.3, -0.25) is 0 Å². The van der Waals surface area contributed by atoms with E-state index in [-0.39, 0.29) is 18.1 Å². The highest BCUT2D eigenvalue weighted by molar-refractivity contribution is 5.97. The zero-order chi connectivity index (χ0) is 15.4. The van der Waals surface area contributed by atoms with Crippen molar-refractivity contribution in [2.75, 3.05) is 13.7 Å². The highest BCUT2D eigenvalue weighted by atomic mass is 16.7. The van der Waals surface area contributed by atoms with Crippen LogP contribution in [0.15, 0.2) is 36.9 Å². The van der Waals surface area contributed by atoms with Gasteiger partial charge in [0.25, 0.3) is 0 Å². The number of hydrogen-bond donors (Lipinski definition) is 2. The van der Waals surface area contributed by atoms with Gasteiger partial charge in [0, 0.05) is 16.8 Å². The van der Waals surface area contributed by atoms with Gasteiger partial charge in [-0.05, 0) is 18.2 Å². The van der Waals surface area contributed by atoms with Crippen molar-refractivity contribution in [2.45, 2.75) is 0 Å². The molecule has 2 N–H and O–H groups in total. The molecule has 6 heteroatoms. The number of benzene rings is 2. The van der Waals surface area contributed by atoms with E-state index < -0.39 is 11.9 Å². The van der Waals surface area contributed by atoms with Crippen LogP contribution < -0.4 is 9.47 Å². The van der Waals surface area contributed by atoms with Gasteiger partial charge in [-0.25, -0.2) is 4.79 Å². The minimum atomic E-state index is -0.941. The summed E-state index contributed by atoms with van der Waals surface area (Å²) in [6.07, 6.45) is 0.459. The number of rotatable bonds is 4. The molecule has 0 aliphatic rings. The first-order chi connectivity index (χ1) is 10.1. The van der Waals surface area contributed by atoms with Crippen LogP contribution in [0, 0.1) is 0 Å². The van der Waals surface area contributed by atoms with Crippen molar-refractivity contribution in [1.82, 2.24) is 0 Å². The summed E-state index contributed by atoms with van der Waals surface area (Å²) in [5, 5.41) is 20.3. The summed E-state index contributed by atoms with van der Waals surface area (Å²) in [5.41, 5.74) is 0. The summed E-state index contributed by atoms with van der Waals surface area (Å²) in [6, 6.07) is 5.86. The highest BCUT2D eigenvalue weighted by Crippen LogP contribution is 2.41. The van der Waals surface area contributed by atoms with Gasteiger partial charge >= 0.3 is 6.16 Å². The molecule has 110 valence electrons. The Labute approximate surface area is 120 Å². The predicted octanol–water partition coefficient (Wildman–Crippen LogP) is 2.96. The van der Waals surface area contributed by atoms with Crippen LogP contribution in [0.2, 0.25) is 0 Å². The average Bonchev–Trinajstić information content (AvgIpc) is 2.49. The van der Waals surface area contributed by atoms with E-state index >= 15 is 0 Å². The molecule has 0 saturated carbocycles. The second-order valence-corrected chi connectivity index (χ2v) is 4.11. The Kier molecular flexibility index (Phi) is 4.18. The monoisotopic (exact) mass is 290 g/mol. The van der Waals surface area contributed by atoms with E-state index in [1.54, 1.807) is 18.2 Å². The van der Waals surface area contributed by atoms with Crippen molar-refractivity contribution < 1.29 is 29.2 Å². The SMILES string of the molecule is C=CCOC(=O)Oc1cc(O)c(O)c2ccc(OC)cc12. The molecule has 0 atom stereocenters. The number of ether oxygens (including phenoxy) is 3. The van der Waals surface area contributed by atoms with Gasteiger partial charge in [0.1, 0.15) is 18.1 Å². The maximum Gasteiger partial charge on any atom is 0.514 e. The molecule has 0 spiro atoms. The molecule has 0 bridgehead atoms. The summed E-state index contributed by atoms with van der Waals surface area (Å²) in [7, 11) is 1.49. The van der Waals surface area contributed by atoms with Crippen molar-refractivity contribution in [3.8, 4) is 23.0 Å². The summed E-state index contributed by atoms with van der Waals surface area (Å²) in [4.78, 5) is 11.5. The predicted molar refractivity (Wildman–Crippen MR) is 76.0 cm³/mol. The van der Waals surface area contributed by atoms with Crippen molar-refractivity contribution in [3.63, 3.8) is 0 Å². The number of aromatic hydroxyl groups is 2. The molecule has 0 aliphatic heterocycles. The third kappa shape index (κ3) is 3.00. The lowest BCUT2D eigenvalue weighted by atomic mass is 10.1. The fourth-order valence-corrected chi connectivity index (χ4v) is 1.80. The number of fused-ring (bicyclic) bond motifs is 1. The Morgan fingerprint density at radius 1 is 1.29 bits per heavy atom. The molecule has 0 saturated heterocycles. The number of carbonyl (C=O) groups is 1. The maximum absolute atomic E-state index is 11.5. The zero-order valence-electron chi connectivity index (χ0n) is 11.3. The molecule has 0 amide bonds. The number of hydrogen-bond acceptors (Lipinski definition) is 6. The van der Waals surface area contributed by atoms with Crippen LogP contribution in [0.25, 0.3) is 10.8 Å². The minimum Gasteiger partial charge on any atom is -0.504 e. The van der Waals surface area contributed by atoms with Crippen LogP contribution in [0.3, 0.4) is 0 Å². The summed E-state index contributed by atoms with van der Waals surface area (Å²) < 4.78 is 14.8. The van der Waals surface area contributed by atoms with Crippen molar-refractivity contribution in [1.29, 1.82) is 0 Å². The second-order valence-electron chi connectivity index (χ2n) is 4.11. The van der Waals surface area contributed by atoms with Crippen molar-refractivity contribution in [3.05, 3.63) is 36.9 Å². The Morgan fingerprint density at radius 3 is 2.71 bits per heavy atom. The van der Waals surface area contributed by atoms with Crippen LogP contribution in [0.1, 0.15) is 0 Å². The molecule has 0 aromatic heterocycles. The van der Waals surface area contributed by atoms with E-state index in [2.05, 4.69) is 6.58 Å². The fraction of sp³-hybridized carbons (Fsp3) is 0.133. The standard InChI is InChI=1S/C15H14O6/c1-3-6-20-15(18)21-13-8-12(16)14(17)10-5-4-9(19-2)7-11(10)13/h3-5,7-8,16-17H,1,6H2,2H3. The van der Waals surface area contributed by atoms with Crippen molar-refractivity contribution in [2.24, 2.45) is 0 Å².